The number of ketones is 1. The molecule has 29 heavy (non-hydrogen) atoms. The zero-order valence-corrected chi connectivity index (χ0v) is 18.7. The molecule has 3 fully saturated rings. The molecule has 0 spiro atoms. The first kappa shape index (κ1) is 21.2. The molecule has 0 heterocycles. The average molecular weight is 421 g/mol. The summed E-state index contributed by atoms with van der Waals surface area (Å²) in [7, 11) is 0. The van der Waals surface area contributed by atoms with E-state index < -0.39 is 5.82 Å². The van der Waals surface area contributed by atoms with Gasteiger partial charge >= 0.3 is 0 Å². The number of carbonyl (C=O) groups is 1. The van der Waals surface area contributed by atoms with Crippen molar-refractivity contribution in [2.45, 2.75) is 72.1 Å². The van der Waals surface area contributed by atoms with E-state index in [1.165, 1.54) is 44.2 Å². The Balaban J connectivity index is 1.44. The van der Waals surface area contributed by atoms with Gasteiger partial charge in [-0.15, -0.1) is 0 Å². The minimum atomic E-state index is -0.506. The molecule has 160 valence electrons. The number of halogens is 2. The lowest BCUT2D eigenvalue weighted by Gasteiger charge is -2.47. The molecule has 4 atom stereocenters. The third-order valence-electron chi connectivity index (χ3n) is 7.76. The molecular weight excluding hydrogens is 387 g/mol. The molecule has 2 unspecified atom stereocenters. The normalized spacial score (nSPS) is 36.8. The van der Waals surface area contributed by atoms with Gasteiger partial charge in [-0.1, -0.05) is 38.8 Å². The maximum Gasteiger partial charge on any atom is 0.169 e. The minimum Gasteiger partial charge on any atom is -0.491 e. The van der Waals surface area contributed by atoms with E-state index in [1.54, 1.807) is 0 Å². The Kier molecular flexibility index (Phi) is 5.99. The van der Waals surface area contributed by atoms with E-state index in [2.05, 4.69) is 20.8 Å². The fourth-order valence-electron chi connectivity index (χ4n) is 6.64. The van der Waals surface area contributed by atoms with Crippen molar-refractivity contribution in [1.82, 2.24) is 0 Å². The first-order valence-electron chi connectivity index (χ1n) is 11.4. The van der Waals surface area contributed by atoms with E-state index in [-0.39, 0.29) is 22.7 Å². The molecule has 0 N–H and O–H groups in total. The van der Waals surface area contributed by atoms with Crippen LogP contribution in [0.1, 0.15) is 82.5 Å². The Morgan fingerprint density at radius 1 is 1.17 bits per heavy atom. The van der Waals surface area contributed by atoms with E-state index in [1.807, 2.05) is 0 Å². The molecule has 3 saturated carbocycles. The van der Waals surface area contributed by atoms with Crippen LogP contribution in [-0.2, 0) is 0 Å². The number of benzene rings is 1. The van der Waals surface area contributed by atoms with Crippen molar-refractivity contribution in [3.8, 4) is 5.75 Å². The Morgan fingerprint density at radius 2 is 1.86 bits per heavy atom. The van der Waals surface area contributed by atoms with Crippen LogP contribution in [0.2, 0.25) is 5.02 Å². The summed E-state index contributed by atoms with van der Waals surface area (Å²) in [6, 6.07) is 2.81. The van der Waals surface area contributed by atoms with Gasteiger partial charge in [0.1, 0.15) is 11.6 Å². The van der Waals surface area contributed by atoms with Crippen molar-refractivity contribution in [2.24, 2.45) is 35.0 Å². The summed E-state index contributed by atoms with van der Waals surface area (Å²) in [5.74, 6) is 2.37. The molecular formula is C25H34ClFO2. The maximum atomic E-state index is 14.8. The van der Waals surface area contributed by atoms with Crippen molar-refractivity contribution in [3.05, 3.63) is 28.5 Å². The Morgan fingerprint density at radius 3 is 2.48 bits per heavy atom. The minimum absolute atomic E-state index is 0.0877. The number of Topliss-reactive ketones (excluding diaryl/α,β-unsaturated/α-hetero) is 1. The summed E-state index contributed by atoms with van der Waals surface area (Å²) in [5.41, 5.74) is 0.231. The van der Waals surface area contributed by atoms with Crippen molar-refractivity contribution >= 4 is 17.4 Å². The third kappa shape index (κ3) is 4.50. The lowest BCUT2D eigenvalue weighted by molar-refractivity contribution is 0.0146. The zero-order valence-electron chi connectivity index (χ0n) is 18.0. The van der Waals surface area contributed by atoms with Crippen LogP contribution in [0.25, 0.3) is 0 Å². The standard InChI is InChI=1S/C25H34ClFO2/c1-15-7-17-9-18(8-15)13-25(3,12-17)14-29-23-11-22(27)20(10-21(23)26)24(28)19-6-4-5-16(19)2/h10-11,15-19H,4-9,12-14H2,1-3H3/t15?,16-,17?,18?,19-,25?/m1/s1. The highest BCUT2D eigenvalue weighted by molar-refractivity contribution is 6.32. The fraction of sp³-hybridized carbons (Fsp3) is 0.720. The van der Waals surface area contributed by atoms with Gasteiger partial charge in [0.05, 0.1) is 17.2 Å². The number of carbonyl (C=O) groups excluding carboxylic acids is 1. The van der Waals surface area contributed by atoms with Gasteiger partial charge in [0.25, 0.3) is 0 Å². The highest BCUT2D eigenvalue weighted by Crippen LogP contribution is 2.50. The summed E-state index contributed by atoms with van der Waals surface area (Å²) in [5, 5.41) is 0.341. The van der Waals surface area contributed by atoms with Crippen LogP contribution in [-0.4, -0.2) is 12.4 Å². The quantitative estimate of drug-likeness (QED) is 0.466. The van der Waals surface area contributed by atoms with Crippen LogP contribution in [0.15, 0.2) is 12.1 Å². The van der Waals surface area contributed by atoms with E-state index in [0.717, 1.165) is 37.0 Å². The first-order valence-corrected chi connectivity index (χ1v) is 11.8. The number of ether oxygens (including phenoxy) is 1. The molecule has 0 aliphatic heterocycles. The summed E-state index contributed by atoms with van der Waals surface area (Å²) >= 11 is 6.42. The Labute approximate surface area is 179 Å². The molecule has 0 radical (unpaired) electrons. The van der Waals surface area contributed by atoms with Gasteiger partial charge in [0.15, 0.2) is 5.78 Å². The van der Waals surface area contributed by atoms with Crippen molar-refractivity contribution in [3.63, 3.8) is 0 Å². The number of fused-ring (bicyclic) bond motifs is 2. The summed E-state index contributed by atoms with van der Waals surface area (Å²) in [4.78, 5) is 12.8. The van der Waals surface area contributed by atoms with Gasteiger partial charge < -0.3 is 4.74 Å². The van der Waals surface area contributed by atoms with Gasteiger partial charge in [-0.2, -0.15) is 0 Å². The predicted molar refractivity (Wildman–Crippen MR) is 115 cm³/mol. The Hall–Kier alpha value is -1.09. The number of rotatable bonds is 5. The largest absolute Gasteiger partial charge is 0.491 e. The zero-order chi connectivity index (χ0) is 20.8. The van der Waals surface area contributed by atoms with Crippen LogP contribution in [0.4, 0.5) is 4.39 Å². The molecule has 1 aromatic rings. The van der Waals surface area contributed by atoms with Crippen LogP contribution in [0.3, 0.4) is 0 Å². The van der Waals surface area contributed by atoms with Crippen LogP contribution < -0.4 is 4.74 Å². The third-order valence-corrected chi connectivity index (χ3v) is 8.06. The van der Waals surface area contributed by atoms with E-state index in [0.29, 0.717) is 23.3 Å². The van der Waals surface area contributed by atoms with Gasteiger partial charge in [-0.3, -0.25) is 4.79 Å². The van der Waals surface area contributed by atoms with Crippen LogP contribution in [0.5, 0.6) is 5.75 Å². The molecule has 2 bridgehead atoms. The maximum absolute atomic E-state index is 14.8. The van der Waals surface area contributed by atoms with Crippen molar-refractivity contribution in [2.75, 3.05) is 6.61 Å². The number of hydrogen-bond acceptors (Lipinski definition) is 2. The van der Waals surface area contributed by atoms with Gasteiger partial charge in [-0.05, 0) is 74.7 Å². The summed E-state index contributed by atoms with van der Waals surface area (Å²) in [6.45, 7) is 7.30. The van der Waals surface area contributed by atoms with Crippen molar-refractivity contribution in [1.29, 1.82) is 0 Å². The first-order chi connectivity index (χ1) is 13.7. The smallest absolute Gasteiger partial charge is 0.169 e. The molecule has 3 aliphatic carbocycles. The molecule has 3 aliphatic rings. The average Bonchev–Trinajstić information content (AvgIpc) is 3.06. The molecule has 4 rings (SSSR count). The lowest BCUT2D eigenvalue weighted by Crippen LogP contribution is -2.39. The van der Waals surface area contributed by atoms with Crippen molar-refractivity contribution < 1.29 is 13.9 Å². The second-order valence-electron chi connectivity index (χ2n) is 10.7. The van der Waals surface area contributed by atoms with Gasteiger partial charge in [0.2, 0.25) is 0 Å². The highest BCUT2D eigenvalue weighted by Gasteiger charge is 2.41. The topological polar surface area (TPSA) is 26.3 Å². The number of hydrogen-bond donors (Lipinski definition) is 0. The summed E-state index contributed by atoms with van der Waals surface area (Å²) in [6.07, 6.45) is 9.24. The molecule has 4 heteroatoms. The van der Waals surface area contributed by atoms with Crippen LogP contribution in [0, 0.1) is 40.8 Å². The second kappa shape index (κ2) is 8.21. The van der Waals surface area contributed by atoms with Crippen LogP contribution >= 0.6 is 11.6 Å². The molecule has 1 aromatic carbocycles. The summed E-state index contributed by atoms with van der Waals surface area (Å²) < 4.78 is 20.8. The van der Waals surface area contributed by atoms with Gasteiger partial charge in [0, 0.05) is 17.4 Å². The lowest BCUT2D eigenvalue weighted by atomic mass is 9.60. The SMILES string of the molecule is CC1CC2CC(C1)CC(C)(COc1cc(F)c(C(=O)[C@@H]3CCC[C@H]3C)cc1Cl)C2. The highest BCUT2D eigenvalue weighted by atomic mass is 35.5. The van der Waals surface area contributed by atoms with E-state index in [4.69, 9.17) is 16.3 Å². The van der Waals surface area contributed by atoms with Gasteiger partial charge in [-0.25, -0.2) is 4.39 Å². The Bertz CT molecular complexity index is 758. The molecule has 2 nitrogen and oxygen atoms in total. The monoisotopic (exact) mass is 420 g/mol. The predicted octanol–water partition coefficient (Wildman–Crippen LogP) is 7.33. The van der Waals surface area contributed by atoms with E-state index >= 15 is 0 Å². The molecule has 0 saturated heterocycles. The van der Waals surface area contributed by atoms with E-state index in [9.17, 15) is 9.18 Å². The molecule has 0 amide bonds. The second-order valence-corrected chi connectivity index (χ2v) is 11.1. The fourth-order valence-corrected chi connectivity index (χ4v) is 6.86. The molecule has 0 aromatic heterocycles.